The minimum atomic E-state index is -0.156. The Balaban J connectivity index is 2.08. The average Bonchev–Trinajstić information content (AvgIpc) is 2.37. The number of piperidine rings is 1. The largest absolute Gasteiger partial charge is 0.296 e. The lowest BCUT2D eigenvalue weighted by Gasteiger charge is -2.36. The van der Waals surface area contributed by atoms with Gasteiger partial charge in [-0.05, 0) is 53.4 Å². The second-order valence-corrected chi connectivity index (χ2v) is 5.91. The third-order valence-electron chi connectivity index (χ3n) is 3.78. The average molecular weight is 314 g/mol. The number of halogens is 2. The second-order valence-electron chi connectivity index (χ2n) is 5.12. The minimum Gasteiger partial charge on any atom is -0.296 e. The molecular formula is C15H21BrFN. The van der Waals surface area contributed by atoms with Crippen molar-refractivity contribution in [1.29, 1.82) is 0 Å². The normalized spacial score (nSPS) is 21.2. The van der Waals surface area contributed by atoms with E-state index in [2.05, 4.69) is 27.8 Å². The molecule has 1 aliphatic rings. The molecule has 1 aromatic rings. The number of nitrogens with zero attached hydrogens (tertiary/aromatic N) is 1. The molecule has 0 amide bonds. The topological polar surface area (TPSA) is 3.24 Å². The lowest BCUT2D eigenvalue weighted by Crippen LogP contribution is -2.38. The van der Waals surface area contributed by atoms with Crippen LogP contribution >= 0.6 is 15.9 Å². The first kappa shape index (κ1) is 14.0. The fraction of sp³-hybridized carbons (Fsp3) is 0.600. The Bertz CT molecular complexity index is 392. The van der Waals surface area contributed by atoms with Crippen LogP contribution < -0.4 is 0 Å². The summed E-state index contributed by atoms with van der Waals surface area (Å²) in [5.41, 5.74) is 1.07. The Kier molecular flexibility index (Phi) is 5.19. The predicted molar refractivity (Wildman–Crippen MR) is 77.1 cm³/mol. The molecule has 1 nitrogen and oxygen atoms in total. The molecule has 1 unspecified atom stereocenters. The molecule has 0 radical (unpaired) electrons. The van der Waals surface area contributed by atoms with Gasteiger partial charge in [0.15, 0.2) is 0 Å². The van der Waals surface area contributed by atoms with E-state index in [0.717, 1.165) is 18.7 Å². The van der Waals surface area contributed by atoms with Crippen LogP contribution in [0.4, 0.5) is 4.39 Å². The van der Waals surface area contributed by atoms with Crippen molar-refractivity contribution >= 4 is 15.9 Å². The molecule has 1 atom stereocenters. The zero-order valence-electron chi connectivity index (χ0n) is 11.0. The van der Waals surface area contributed by atoms with Crippen molar-refractivity contribution < 1.29 is 4.39 Å². The Labute approximate surface area is 118 Å². The summed E-state index contributed by atoms with van der Waals surface area (Å²) < 4.78 is 14.1. The third-order valence-corrected chi connectivity index (χ3v) is 4.66. The summed E-state index contributed by atoms with van der Waals surface area (Å²) in [5.74, 6) is -0.156. The molecule has 1 fully saturated rings. The van der Waals surface area contributed by atoms with Gasteiger partial charge in [-0.3, -0.25) is 4.90 Å². The van der Waals surface area contributed by atoms with E-state index in [1.54, 1.807) is 6.07 Å². The molecule has 3 heteroatoms. The standard InChI is InChI=1S/C15H21BrFN/c1-2-6-13-8-3-4-10-18(13)11-12-7-5-9-14(17)15(12)16/h5,7,9,13H,2-4,6,8,10-11H2,1H3. The molecule has 1 aromatic carbocycles. The summed E-state index contributed by atoms with van der Waals surface area (Å²) in [6.07, 6.45) is 6.39. The number of benzene rings is 1. The SMILES string of the molecule is CCCC1CCCCN1Cc1cccc(F)c1Br. The molecule has 0 spiro atoms. The highest BCUT2D eigenvalue weighted by molar-refractivity contribution is 9.10. The maximum atomic E-state index is 13.5. The van der Waals surface area contributed by atoms with E-state index < -0.39 is 0 Å². The van der Waals surface area contributed by atoms with Gasteiger partial charge in [0, 0.05) is 12.6 Å². The van der Waals surface area contributed by atoms with Crippen molar-refractivity contribution in [1.82, 2.24) is 4.90 Å². The third kappa shape index (κ3) is 3.33. The van der Waals surface area contributed by atoms with Crippen molar-refractivity contribution in [3.63, 3.8) is 0 Å². The number of rotatable bonds is 4. The smallest absolute Gasteiger partial charge is 0.137 e. The Morgan fingerprint density at radius 2 is 2.22 bits per heavy atom. The van der Waals surface area contributed by atoms with Crippen LogP contribution in [0.5, 0.6) is 0 Å². The van der Waals surface area contributed by atoms with E-state index in [-0.39, 0.29) is 5.82 Å². The van der Waals surface area contributed by atoms with Crippen molar-refractivity contribution in [2.75, 3.05) is 6.54 Å². The van der Waals surface area contributed by atoms with Crippen LogP contribution in [0.15, 0.2) is 22.7 Å². The number of hydrogen-bond donors (Lipinski definition) is 0. The molecule has 18 heavy (non-hydrogen) atoms. The Morgan fingerprint density at radius 3 is 3.00 bits per heavy atom. The molecule has 2 rings (SSSR count). The van der Waals surface area contributed by atoms with Gasteiger partial charge in [-0.2, -0.15) is 0 Å². The summed E-state index contributed by atoms with van der Waals surface area (Å²) in [6.45, 7) is 4.25. The maximum absolute atomic E-state index is 13.5. The highest BCUT2D eigenvalue weighted by atomic mass is 79.9. The van der Waals surface area contributed by atoms with E-state index in [4.69, 9.17) is 0 Å². The summed E-state index contributed by atoms with van der Waals surface area (Å²) in [5, 5.41) is 0. The van der Waals surface area contributed by atoms with E-state index in [1.165, 1.54) is 38.2 Å². The molecular weight excluding hydrogens is 293 g/mol. The Morgan fingerprint density at radius 1 is 1.39 bits per heavy atom. The zero-order chi connectivity index (χ0) is 13.0. The van der Waals surface area contributed by atoms with E-state index in [1.807, 2.05) is 6.07 Å². The van der Waals surface area contributed by atoms with Gasteiger partial charge >= 0.3 is 0 Å². The first-order valence-electron chi connectivity index (χ1n) is 6.89. The summed E-state index contributed by atoms with van der Waals surface area (Å²) in [6, 6.07) is 6.01. The van der Waals surface area contributed by atoms with E-state index in [9.17, 15) is 4.39 Å². The van der Waals surface area contributed by atoms with Gasteiger partial charge in [0.2, 0.25) is 0 Å². The van der Waals surface area contributed by atoms with Gasteiger partial charge in [-0.15, -0.1) is 0 Å². The first-order chi connectivity index (χ1) is 8.72. The lowest BCUT2D eigenvalue weighted by molar-refractivity contribution is 0.131. The van der Waals surface area contributed by atoms with Crippen LogP contribution in [0.1, 0.15) is 44.6 Å². The molecule has 0 aliphatic carbocycles. The van der Waals surface area contributed by atoms with Crippen LogP contribution in [0.2, 0.25) is 0 Å². The summed E-state index contributed by atoms with van der Waals surface area (Å²) in [4.78, 5) is 2.52. The van der Waals surface area contributed by atoms with Gasteiger partial charge in [0.25, 0.3) is 0 Å². The molecule has 1 aliphatic heterocycles. The molecule has 0 N–H and O–H groups in total. The van der Waals surface area contributed by atoms with Gasteiger partial charge in [0.05, 0.1) is 4.47 Å². The molecule has 0 bridgehead atoms. The molecule has 100 valence electrons. The second kappa shape index (κ2) is 6.67. The summed E-state index contributed by atoms with van der Waals surface area (Å²) >= 11 is 3.36. The highest BCUT2D eigenvalue weighted by Gasteiger charge is 2.22. The first-order valence-corrected chi connectivity index (χ1v) is 7.68. The van der Waals surface area contributed by atoms with Crippen molar-refractivity contribution in [2.24, 2.45) is 0 Å². The van der Waals surface area contributed by atoms with Gasteiger partial charge in [0.1, 0.15) is 5.82 Å². The van der Waals surface area contributed by atoms with Crippen LogP contribution in [0, 0.1) is 5.82 Å². The number of likely N-dealkylation sites (tertiary alicyclic amines) is 1. The van der Waals surface area contributed by atoms with Crippen LogP contribution in [0.3, 0.4) is 0 Å². The Hall–Kier alpha value is -0.410. The van der Waals surface area contributed by atoms with Crippen LogP contribution in [0.25, 0.3) is 0 Å². The van der Waals surface area contributed by atoms with Crippen molar-refractivity contribution in [3.8, 4) is 0 Å². The minimum absolute atomic E-state index is 0.156. The summed E-state index contributed by atoms with van der Waals surface area (Å²) in [7, 11) is 0. The van der Waals surface area contributed by atoms with Crippen molar-refractivity contribution in [2.45, 2.75) is 51.6 Å². The predicted octanol–water partition coefficient (Wildman–Crippen LogP) is 4.74. The maximum Gasteiger partial charge on any atom is 0.137 e. The molecule has 1 saturated heterocycles. The quantitative estimate of drug-likeness (QED) is 0.776. The number of hydrogen-bond acceptors (Lipinski definition) is 1. The van der Waals surface area contributed by atoms with Crippen LogP contribution in [-0.2, 0) is 6.54 Å². The fourth-order valence-electron chi connectivity index (χ4n) is 2.82. The van der Waals surface area contributed by atoms with E-state index in [0.29, 0.717) is 10.5 Å². The molecule has 0 saturated carbocycles. The molecule has 1 heterocycles. The fourth-order valence-corrected chi connectivity index (χ4v) is 3.21. The zero-order valence-corrected chi connectivity index (χ0v) is 12.5. The van der Waals surface area contributed by atoms with Crippen LogP contribution in [-0.4, -0.2) is 17.5 Å². The highest BCUT2D eigenvalue weighted by Crippen LogP contribution is 2.27. The molecule has 0 aromatic heterocycles. The van der Waals surface area contributed by atoms with Gasteiger partial charge in [-0.25, -0.2) is 4.39 Å². The van der Waals surface area contributed by atoms with Gasteiger partial charge < -0.3 is 0 Å². The lowest BCUT2D eigenvalue weighted by atomic mass is 9.97. The van der Waals surface area contributed by atoms with Crippen molar-refractivity contribution in [3.05, 3.63) is 34.1 Å². The van der Waals surface area contributed by atoms with Gasteiger partial charge in [-0.1, -0.05) is 31.9 Å². The monoisotopic (exact) mass is 313 g/mol. The van der Waals surface area contributed by atoms with E-state index >= 15 is 0 Å².